The maximum absolute atomic E-state index is 11.6. The SMILES string of the molecule is CCOC(=O)/C=C/COc1ccccc1C(O)c1n(-c2c(Cl)cc(Cl)cc2Cl)nc2[n+]1CCC2. The third-order valence-corrected chi connectivity index (χ3v) is 6.12. The summed E-state index contributed by atoms with van der Waals surface area (Å²) in [5, 5.41) is 17.3. The lowest BCUT2D eigenvalue weighted by Crippen LogP contribution is -2.38. The standard InChI is InChI=1S/C24H23Cl3N3O4/c1-2-33-21(31)10-6-12-34-19-8-4-3-7-16(19)23(32)24-29-11-5-9-20(29)28-30(24)22-17(26)13-15(25)14-18(22)27/h3-4,6-8,10,13-14,23,32H,2,5,9,11-12H2,1H3/q+1/b10-6+. The minimum absolute atomic E-state index is 0.127. The summed E-state index contributed by atoms with van der Waals surface area (Å²) in [4.78, 5) is 11.5. The number of nitrogens with zero attached hydrogens (tertiary/aromatic N) is 3. The molecule has 1 aliphatic heterocycles. The number of aromatic nitrogens is 3. The number of aryl methyl sites for hydroxylation is 1. The molecule has 3 aromatic rings. The number of rotatable bonds is 8. The average Bonchev–Trinajstić information content (AvgIpc) is 3.37. The van der Waals surface area contributed by atoms with Crippen LogP contribution >= 0.6 is 34.8 Å². The Morgan fingerprint density at radius 3 is 2.74 bits per heavy atom. The Balaban J connectivity index is 1.70. The van der Waals surface area contributed by atoms with E-state index in [-0.39, 0.29) is 6.61 Å². The molecule has 0 spiro atoms. The highest BCUT2D eigenvalue weighted by molar-refractivity contribution is 6.40. The van der Waals surface area contributed by atoms with Gasteiger partial charge >= 0.3 is 5.97 Å². The molecule has 0 bridgehead atoms. The van der Waals surface area contributed by atoms with Gasteiger partial charge in [-0.1, -0.05) is 57.7 Å². The fourth-order valence-electron chi connectivity index (χ4n) is 3.91. The summed E-state index contributed by atoms with van der Waals surface area (Å²) < 4.78 is 14.3. The van der Waals surface area contributed by atoms with Gasteiger partial charge in [0.05, 0.1) is 23.2 Å². The van der Waals surface area contributed by atoms with Gasteiger partial charge in [-0.15, -0.1) is 0 Å². The van der Waals surface area contributed by atoms with Gasteiger partial charge in [0, 0.05) is 28.2 Å². The van der Waals surface area contributed by atoms with Crippen molar-refractivity contribution >= 4 is 40.8 Å². The van der Waals surface area contributed by atoms with Crippen molar-refractivity contribution in [3.63, 3.8) is 0 Å². The Bertz CT molecular complexity index is 1220. The smallest absolute Gasteiger partial charge is 0.330 e. The molecule has 4 rings (SSSR count). The second-order valence-corrected chi connectivity index (χ2v) is 8.82. The summed E-state index contributed by atoms with van der Waals surface area (Å²) in [6.45, 7) is 2.87. The van der Waals surface area contributed by atoms with Crippen LogP contribution in [0.5, 0.6) is 5.75 Å². The normalized spacial score (nSPS) is 13.8. The Kier molecular flexibility index (Phi) is 7.78. The molecule has 10 heteroatoms. The zero-order chi connectivity index (χ0) is 24.2. The topological polar surface area (TPSA) is 77.5 Å². The van der Waals surface area contributed by atoms with Crippen molar-refractivity contribution in [2.75, 3.05) is 13.2 Å². The minimum atomic E-state index is -1.09. The quantitative estimate of drug-likeness (QED) is 0.264. The molecule has 1 aromatic heterocycles. The first-order chi connectivity index (χ1) is 16.4. The third-order valence-electron chi connectivity index (χ3n) is 5.33. The number of carbonyl (C=O) groups is 1. The fourth-order valence-corrected chi connectivity index (χ4v) is 4.88. The minimum Gasteiger partial charge on any atom is -0.489 e. The molecule has 1 unspecified atom stereocenters. The number of hydrogen-bond donors (Lipinski definition) is 1. The van der Waals surface area contributed by atoms with Crippen LogP contribution in [0.25, 0.3) is 5.69 Å². The maximum atomic E-state index is 11.6. The highest BCUT2D eigenvalue weighted by Crippen LogP contribution is 2.36. The summed E-state index contributed by atoms with van der Waals surface area (Å²) in [5.74, 6) is 1.37. The predicted octanol–water partition coefficient (Wildman–Crippen LogP) is 4.65. The molecule has 0 aliphatic carbocycles. The molecule has 1 aliphatic rings. The van der Waals surface area contributed by atoms with E-state index in [0.29, 0.717) is 51.0 Å². The number of aliphatic hydroxyl groups excluding tert-OH is 1. The number of fused-ring (bicyclic) bond motifs is 1. The van der Waals surface area contributed by atoms with Crippen LogP contribution in [0.4, 0.5) is 0 Å². The molecule has 0 saturated carbocycles. The van der Waals surface area contributed by atoms with Crippen LogP contribution < -0.4 is 9.30 Å². The van der Waals surface area contributed by atoms with Crippen molar-refractivity contribution < 1.29 is 23.9 Å². The number of carbonyl (C=O) groups excluding carboxylic acids is 1. The first-order valence-electron chi connectivity index (χ1n) is 10.8. The molecular formula is C24H23Cl3N3O4+. The summed E-state index contributed by atoms with van der Waals surface area (Å²) in [5.41, 5.74) is 0.982. The number of esters is 1. The van der Waals surface area contributed by atoms with E-state index >= 15 is 0 Å². The lowest BCUT2D eigenvalue weighted by atomic mass is 10.1. The molecule has 0 fully saturated rings. The lowest BCUT2D eigenvalue weighted by molar-refractivity contribution is -0.701. The second-order valence-electron chi connectivity index (χ2n) is 7.57. The van der Waals surface area contributed by atoms with Crippen LogP contribution in [0.15, 0.2) is 48.6 Å². The van der Waals surface area contributed by atoms with Crippen LogP contribution in [0.2, 0.25) is 15.1 Å². The van der Waals surface area contributed by atoms with Gasteiger partial charge in [-0.3, -0.25) is 0 Å². The zero-order valence-corrected chi connectivity index (χ0v) is 20.6. The Morgan fingerprint density at radius 1 is 1.26 bits per heavy atom. The van der Waals surface area contributed by atoms with Gasteiger partial charge in [-0.05, 0) is 37.6 Å². The molecular weight excluding hydrogens is 501 g/mol. The van der Waals surface area contributed by atoms with E-state index in [1.165, 1.54) is 6.08 Å². The monoisotopic (exact) mass is 522 g/mol. The van der Waals surface area contributed by atoms with Crippen molar-refractivity contribution in [1.82, 2.24) is 9.78 Å². The van der Waals surface area contributed by atoms with Crippen LogP contribution in [0.3, 0.4) is 0 Å². The molecule has 0 saturated heterocycles. The van der Waals surface area contributed by atoms with Crippen LogP contribution in [0.1, 0.15) is 36.7 Å². The van der Waals surface area contributed by atoms with E-state index < -0.39 is 12.1 Å². The van der Waals surface area contributed by atoms with Gasteiger partial charge in [0.25, 0.3) is 11.6 Å². The number of para-hydroxylation sites is 1. The largest absolute Gasteiger partial charge is 0.489 e. The van der Waals surface area contributed by atoms with E-state index in [9.17, 15) is 9.90 Å². The first kappa shape index (κ1) is 24.5. The summed E-state index contributed by atoms with van der Waals surface area (Å²) >= 11 is 19.1. The number of hydrogen-bond acceptors (Lipinski definition) is 5. The van der Waals surface area contributed by atoms with Gasteiger partial charge in [0.15, 0.2) is 11.8 Å². The first-order valence-corrected chi connectivity index (χ1v) is 11.9. The van der Waals surface area contributed by atoms with Crippen molar-refractivity contribution in [3.8, 4) is 11.4 Å². The second kappa shape index (κ2) is 10.8. The van der Waals surface area contributed by atoms with E-state index in [4.69, 9.17) is 49.4 Å². The Labute approximate surface area is 212 Å². The van der Waals surface area contributed by atoms with E-state index in [1.807, 2.05) is 16.7 Å². The molecule has 2 aromatic carbocycles. The van der Waals surface area contributed by atoms with Gasteiger partial charge in [0.2, 0.25) is 0 Å². The molecule has 0 amide bonds. The van der Waals surface area contributed by atoms with Gasteiger partial charge < -0.3 is 14.6 Å². The van der Waals surface area contributed by atoms with Crippen molar-refractivity contribution in [1.29, 1.82) is 0 Å². The van der Waals surface area contributed by atoms with E-state index in [1.54, 1.807) is 41.9 Å². The van der Waals surface area contributed by atoms with E-state index in [0.717, 1.165) is 18.7 Å². The number of ether oxygens (including phenoxy) is 2. The number of halogens is 3. The van der Waals surface area contributed by atoms with Crippen molar-refractivity contribution in [3.05, 3.63) is 80.8 Å². The zero-order valence-electron chi connectivity index (χ0n) is 18.4. The van der Waals surface area contributed by atoms with E-state index in [2.05, 4.69) is 0 Å². The molecule has 1 N–H and O–H groups in total. The molecule has 34 heavy (non-hydrogen) atoms. The van der Waals surface area contributed by atoms with Gasteiger partial charge in [0.1, 0.15) is 12.4 Å². The molecule has 178 valence electrons. The summed E-state index contributed by atoms with van der Waals surface area (Å²) in [6, 6.07) is 10.3. The van der Waals surface area contributed by atoms with Gasteiger partial charge in [-0.2, -0.15) is 0 Å². The van der Waals surface area contributed by atoms with Crippen LogP contribution in [-0.2, 0) is 22.5 Å². The number of aliphatic hydroxyl groups is 1. The molecule has 1 atom stereocenters. The van der Waals surface area contributed by atoms with Crippen LogP contribution in [0, 0.1) is 0 Å². The molecule has 2 heterocycles. The average molecular weight is 524 g/mol. The summed E-state index contributed by atoms with van der Waals surface area (Å²) in [7, 11) is 0. The summed E-state index contributed by atoms with van der Waals surface area (Å²) in [6.07, 6.45) is 3.47. The maximum Gasteiger partial charge on any atom is 0.330 e. The number of benzene rings is 2. The molecule has 7 nitrogen and oxygen atoms in total. The predicted molar refractivity (Wildman–Crippen MR) is 129 cm³/mol. The Hall–Kier alpha value is -2.58. The Morgan fingerprint density at radius 2 is 2.00 bits per heavy atom. The molecule has 0 radical (unpaired) electrons. The van der Waals surface area contributed by atoms with Gasteiger partial charge in [-0.25, -0.2) is 9.36 Å². The lowest BCUT2D eigenvalue weighted by Gasteiger charge is -2.15. The highest BCUT2D eigenvalue weighted by atomic mass is 35.5. The fraction of sp³-hybridized carbons (Fsp3) is 0.292. The van der Waals surface area contributed by atoms with Crippen molar-refractivity contribution in [2.24, 2.45) is 0 Å². The van der Waals surface area contributed by atoms with Crippen LogP contribution in [-0.4, -0.2) is 34.1 Å². The highest BCUT2D eigenvalue weighted by Gasteiger charge is 2.38. The third kappa shape index (κ3) is 5.08. The van der Waals surface area contributed by atoms with Crippen molar-refractivity contribution in [2.45, 2.75) is 32.4 Å².